The van der Waals surface area contributed by atoms with Crippen molar-refractivity contribution in [1.82, 2.24) is 9.38 Å². The fourth-order valence-electron chi connectivity index (χ4n) is 2.33. The lowest BCUT2D eigenvalue weighted by Crippen LogP contribution is -2.15. The number of ether oxygens (including phenoxy) is 2. The highest BCUT2D eigenvalue weighted by Crippen LogP contribution is 2.25. The average Bonchev–Trinajstić information content (AvgIpc) is 2.60. The van der Waals surface area contributed by atoms with Gasteiger partial charge < -0.3 is 14.8 Å². The molecular formula is C17H17N3O3. The SMILES string of the molecule is COc1ccc(CNc2cc(=O)n3ccccc3n2)c(OC)c1. The van der Waals surface area contributed by atoms with Crippen molar-refractivity contribution in [3.8, 4) is 11.5 Å². The number of rotatable bonds is 5. The van der Waals surface area contributed by atoms with Crippen molar-refractivity contribution in [1.29, 1.82) is 0 Å². The summed E-state index contributed by atoms with van der Waals surface area (Å²) in [5.74, 6) is 1.97. The summed E-state index contributed by atoms with van der Waals surface area (Å²) in [7, 11) is 3.22. The van der Waals surface area contributed by atoms with Crippen LogP contribution < -0.4 is 20.3 Å². The van der Waals surface area contributed by atoms with Crippen LogP contribution in [0.3, 0.4) is 0 Å². The highest BCUT2D eigenvalue weighted by Gasteiger charge is 2.06. The van der Waals surface area contributed by atoms with Crippen molar-refractivity contribution in [3.05, 3.63) is 64.6 Å². The summed E-state index contributed by atoms with van der Waals surface area (Å²) in [4.78, 5) is 16.5. The summed E-state index contributed by atoms with van der Waals surface area (Å²) < 4.78 is 12.0. The first-order chi connectivity index (χ1) is 11.2. The average molecular weight is 311 g/mol. The highest BCUT2D eigenvalue weighted by molar-refractivity contribution is 5.48. The molecule has 3 aromatic rings. The molecule has 0 aliphatic carbocycles. The fraction of sp³-hybridized carbons (Fsp3) is 0.176. The predicted molar refractivity (Wildman–Crippen MR) is 88.3 cm³/mol. The van der Waals surface area contributed by atoms with Gasteiger partial charge in [-0.25, -0.2) is 4.98 Å². The number of benzene rings is 1. The Labute approximate surface area is 133 Å². The first-order valence-electron chi connectivity index (χ1n) is 7.14. The molecule has 0 radical (unpaired) electrons. The number of aromatic nitrogens is 2. The van der Waals surface area contributed by atoms with E-state index in [1.807, 2.05) is 24.3 Å². The van der Waals surface area contributed by atoms with Crippen molar-refractivity contribution in [3.63, 3.8) is 0 Å². The molecule has 0 saturated heterocycles. The molecule has 0 fully saturated rings. The minimum Gasteiger partial charge on any atom is -0.497 e. The molecule has 0 atom stereocenters. The lowest BCUT2D eigenvalue weighted by molar-refractivity contribution is 0.391. The summed E-state index contributed by atoms with van der Waals surface area (Å²) in [6, 6.07) is 12.5. The molecule has 3 rings (SSSR count). The topological polar surface area (TPSA) is 64.9 Å². The maximum Gasteiger partial charge on any atom is 0.259 e. The van der Waals surface area contributed by atoms with Crippen molar-refractivity contribution in [2.75, 3.05) is 19.5 Å². The molecule has 0 amide bonds. The number of anilines is 1. The number of hydrogen-bond donors (Lipinski definition) is 1. The van der Waals surface area contributed by atoms with Gasteiger partial charge in [0.2, 0.25) is 0 Å². The first-order valence-corrected chi connectivity index (χ1v) is 7.14. The van der Waals surface area contributed by atoms with Crippen LogP contribution in [0.5, 0.6) is 11.5 Å². The minimum absolute atomic E-state index is 0.125. The Morgan fingerprint density at radius 2 is 2.00 bits per heavy atom. The Balaban J connectivity index is 1.85. The minimum atomic E-state index is -0.125. The molecular weight excluding hydrogens is 294 g/mol. The Kier molecular flexibility index (Phi) is 4.14. The molecule has 6 nitrogen and oxygen atoms in total. The Hall–Kier alpha value is -3.02. The van der Waals surface area contributed by atoms with Gasteiger partial charge in [0.25, 0.3) is 5.56 Å². The third-order valence-electron chi connectivity index (χ3n) is 3.53. The summed E-state index contributed by atoms with van der Waals surface area (Å²) in [6.45, 7) is 0.489. The number of hydrogen-bond acceptors (Lipinski definition) is 5. The van der Waals surface area contributed by atoms with Crippen molar-refractivity contribution >= 4 is 11.5 Å². The first kappa shape index (κ1) is 14.9. The van der Waals surface area contributed by atoms with Crippen LogP contribution in [0.4, 0.5) is 5.82 Å². The number of methoxy groups -OCH3 is 2. The van der Waals surface area contributed by atoms with Gasteiger partial charge in [-0.15, -0.1) is 0 Å². The van der Waals surface area contributed by atoms with E-state index < -0.39 is 0 Å². The maximum absolute atomic E-state index is 12.1. The van der Waals surface area contributed by atoms with Gasteiger partial charge in [0.15, 0.2) is 0 Å². The number of nitrogens with one attached hydrogen (secondary N) is 1. The zero-order chi connectivity index (χ0) is 16.2. The van der Waals surface area contributed by atoms with E-state index in [2.05, 4.69) is 10.3 Å². The third kappa shape index (κ3) is 3.11. The molecule has 0 bridgehead atoms. The number of fused-ring (bicyclic) bond motifs is 1. The van der Waals surface area contributed by atoms with Gasteiger partial charge in [0.1, 0.15) is 23.0 Å². The Bertz CT molecular complexity index is 890. The zero-order valence-electron chi connectivity index (χ0n) is 12.9. The van der Waals surface area contributed by atoms with Gasteiger partial charge in [-0.2, -0.15) is 0 Å². The van der Waals surface area contributed by atoms with E-state index in [0.29, 0.717) is 18.0 Å². The molecule has 0 unspecified atom stereocenters. The second-order valence-corrected chi connectivity index (χ2v) is 4.94. The molecule has 2 heterocycles. The van der Waals surface area contributed by atoms with Gasteiger partial charge in [-0.05, 0) is 24.3 Å². The molecule has 1 N–H and O–H groups in total. The predicted octanol–water partition coefficient (Wildman–Crippen LogP) is 2.32. The van der Waals surface area contributed by atoms with E-state index in [0.717, 1.165) is 17.1 Å². The van der Waals surface area contributed by atoms with Crippen LogP contribution in [0.2, 0.25) is 0 Å². The number of pyridine rings is 1. The van der Waals surface area contributed by atoms with E-state index in [1.54, 1.807) is 32.5 Å². The molecule has 6 heteroatoms. The molecule has 23 heavy (non-hydrogen) atoms. The summed E-state index contributed by atoms with van der Waals surface area (Å²) in [6.07, 6.45) is 1.70. The quantitative estimate of drug-likeness (QED) is 0.783. The molecule has 0 aliphatic rings. The highest BCUT2D eigenvalue weighted by atomic mass is 16.5. The van der Waals surface area contributed by atoms with Gasteiger partial charge in [0, 0.05) is 30.4 Å². The Morgan fingerprint density at radius 3 is 2.78 bits per heavy atom. The number of nitrogens with zero attached hydrogens (tertiary/aromatic N) is 2. The standard InChI is InChI=1S/C17H17N3O3/c1-22-13-7-6-12(14(9-13)23-2)11-18-15-10-17(21)20-8-4-3-5-16(20)19-15/h3-10,18H,11H2,1-2H3. The van der Waals surface area contributed by atoms with Crippen LogP contribution >= 0.6 is 0 Å². The van der Waals surface area contributed by atoms with Crippen molar-refractivity contribution in [2.24, 2.45) is 0 Å². The van der Waals surface area contributed by atoms with Crippen LogP contribution in [0, 0.1) is 0 Å². The Morgan fingerprint density at radius 1 is 1.13 bits per heavy atom. The summed E-state index contributed by atoms with van der Waals surface area (Å²) in [5.41, 5.74) is 1.42. The van der Waals surface area contributed by atoms with E-state index in [1.165, 1.54) is 10.5 Å². The molecule has 2 aromatic heterocycles. The molecule has 0 spiro atoms. The van der Waals surface area contributed by atoms with E-state index in [9.17, 15) is 4.79 Å². The largest absolute Gasteiger partial charge is 0.497 e. The van der Waals surface area contributed by atoms with Gasteiger partial charge >= 0.3 is 0 Å². The second-order valence-electron chi connectivity index (χ2n) is 4.94. The lowest BCUT2D eigenvalue weighted by Gasteiger charge is -2.12. The van der Waals surface area contributed by atoms with Crippen LogP contribution in [0.1, 0.15) is 5.56 Å². The maximum atomic E-state index is 12.1. The van der Waals surface area contributed by atoms with Crippen LogP contribution in [0.25, 0.3) is 5.65 Å². The summed E-state index contributed by atoms with van der Waals surface area (Å²) >= 11 is 0. The molecule has 0 saturated carbocycles. The summed E-state index contributed by atoms with van der Waals surface area (Å²) in [5, 5.41) is 3.16. The van der Waals surface area contributed by atoms with Crippen molar-refractivity contribution < 1.29 is 9.47 Å². The third-order valence-corrected chi connectivity index (χ3v) is 3.53. The van der Waals surface area contributed by atoms with E-state index >= 15 is 0 Å². The van der Waals surface area contributed by atoms with Crippen molar-refractivity contribution in [2.45, 2.75) is 6.54 Å². The van der Waals surface area contributed by atoms with Crippen LogP contribution in [-0.4, -0.2) is 23.6 Å². The van der Waals surface area contributed by atoms with Gasteiger partial charge in [0.05, 0.1) is 14.2 Å². The van der Waals surface area contributed by atoms with E-state index in [-0.39, 0.29) is 5.56 Å². The second kappa shape index (κ2) is 6.39. The van der Waals surface area contributed by atoms with Gasteiger partial charge in [-0.3, -0.25) is 9.20 Å². The monoisotopic (exact) mass is 311 g/mol. The fourth-order valence-corrected chi connectivity index (χ4v) is 2.33. The molecule has 1 aromatic carbocycles. The normalized spacial score (nSPS) is 10.5. The van der Waals surface area contributed by atoms with Gasteiger partial charge in [-0.1, -0.05) is 6.07 Å². The van der Waals surface area contributed by atoms with Crippen LogP contribution in [-0.2, 0) is 6.54 Å². The lowest BCUT2D eigenvalue weighted by atomic mass is 10.2. The zero-order valence-corrected chi connectivity index (χ0v) is 12.9. The molecule has 118 valence electrons. The van der Waals surface area contributed by atoms with Crippen LogP contribution in [0.15, 0.2) is 53.5 Å². The smallest absolute Gasteiger partial charge is 0.259 e. The van der Waals surface area contributed by atoms with E-state index in [4.69, 9.17) is 9.47 Å². The molecule has 0 aliphatic heterocycles.